The van der Waals surface area contributed by atoms with E-state index in [0.29, 0.717) is 0 Å². The molecular formula is C55H37NO. The van der Waals surface area contributed by atoms with Gasteiger partial charge in [0.15, 0.2) is 5.58 Å². The monoisotopic (exact) mass is 727 g/mol. The van der Waals surface area contributed by atoms with Crippen LogP contribution in [0.4, 0.5) is 17.1 Å². The van der Waals surface area contributed by atoms with Crippen molar-refractivity contribution in [2.45, 2.75) is 5.41 Å². The maximum Gasteiger partial charge on any atom is 0.159 e. The highest BCUT2D eigenvalue weighted by atomic mass is 16.3. The van der Waals surface area contributed by atoms with Crippen LogP contribution in [0.3, 0.4) is 0 Å². The van der Waals surface area contributed by atoms with E-state index >= 15 is 0 Å². The smallest absolute Gasteiger partial charge is 0.159 e. The van der Waals surface area contributed by atoms with Crippen molar-refractivity contribution >= 4 is 39.0 Å². The molecule has 1 aliphatic rings. The maximum atomic E-state index is 7.32. The molecule has 0 N–H and O–H groups in total. The minimum atomic E-state index is -0.503. The highest BCUT2D eigenvalue weighted by Gasteiger charge is 2.47. The summed E-state index contributed by atoms with van der Waals surface area (Å²) in [6.07, 6.45) is 0. The van der Waals surface area contributed by atoms with Crippen LogP contribution in [0.2, 0.25) is 0 Å². The molecule has 57 heavy (non-hydrogen) atoms. The molecule has 0 atom stereocenters. The van der Waals surface area contributed by atoms with Crippen molar-refractivity contribution in [3.8, 4) is 33.4 Å². The summed E-state index contributed by atoms with van der Waals surface area (Å²) in [5.41, 5.74) is 16.4. The molecule has 1 heterocycles. The normalized spacial score (nSPS) is 12.7. The molecule has 0 radical (unpaired) electrons. The summed E-state index contributed by atoms with van der Waals surface area (Å²) in [4.78, 5) is 2.33. The van der Waals surface area contributed by atoms with Gasteiger partial charge in [0.2, 0.25) is 0 Å². The molecule has 11 rings (SSSR count). The van der Waals surface area contributed by atoms with Gasteiger partial charge in [-0.1, -0.05) is 194 Å². The fourth-order valence-electron chi connectivity index (χ4n) is 9.24. The van der Waals surface area contributed by atoms with E-state index in [1.54, 1.807) is 0 Å². The molecule has 0 bridgehead atoms. The van der Waals surface area contributed by atoms with Gasteiger partial charge in [0.1, 0.15) is 5.58 Å². The Morgan fingerprint density at radius 1 is 0.333 bits per heavy atom. The van der Waals surface area contributed by atoms with E-state index in [1.807, 2.05) is 0 Å². The molecule has 0 aliphatic heterocycles. The number of hydrogen-bond donors (Lipinski definition) is 0. The van der Waals surface area contributed by atoms with Crippen molar-refractivity contribution in [2.24, 2.45) is 0 Å². The summed E-state index contributed by atoms with van der Waals surface area (Å²) in [5, 5.41) is 2.20. The van der Waals surface area contributed by atoms with Crippen molar-refractivity contribution in [3.05, 3.63) is 247 Å². The summed E-state index contributed by atoms with van der Waals surface area (Å²) in [5.74, 6) is 0. The molecule has 2 nitrogen and oxygen atoms in total. The van der Waals surface area contributed by atoms with Crippen molar-refractivity contribution < 1.29 is 4.42 Å². The minimum absolute atomic E-state index is 0.503. The molecule has 9 aromatic carbocycles. The lowest BCUT2D eigenvalue weighted by atomic mass is 9.68. The lowest BCUT2D eigenvalue weighted by Gasteiger charge is -2.33. The van der Waals surface area contributed by atoms with Gasteiger partial charge in [0.05, 0.1) is 11.1 Å². The second kappa shape index (κ2) is 13.4. The number of para-hydroxylation sites is 1. The van der Waals surface area contributed by atoms with Gasteiger partial charge in [-0.25, -0.2) is 0 Å². The van der Waals surface area contributed by atoms with Crippen LogP contribution in [0.1, 0.15) is 22.3 Å². The number of hydrogen-bond acceptors (Lipinski definition) is 2. The lowest BCUT2D eigenvalue weighted by molar-refractivity contribution is 0.669. The number of benzene rings is 9. The van der Waals surface area contributed by atoms with E-state index in [4.69, 9.17) is 4.42 Å². The molecule has 0 saturated carbocycles. The van der Waals surface area contributed by atoms with Crippen LogP contribution in [0.15, 0.2) is 229 Å². The summed E-state index contributed by atoms with van der Waals surface area (Å²) < 4.78 is 7.32. The van der Waals surface area contributed by atoms with Gasteiger partial charge < -0.3 is 9.32 Å². The maximum absolute atomic E-state index is 7.32. The molecule has 1 aliphatic carbocycles. The lowest BCUT2D eigenvalue weighted by Crippen LogP contribution is -2.28. The van der Waals surface area contributed by atoms with Crippen LogP contribution >= 0.6 is 0 Å². The quantitative estimate of drug-likeness (QED) is 0.163. The van der Waals surface area contributed by atoms with Crippen LogP contribution in [0.25, 0.3) is 55.3 Å². The van der Waals surface area contributed by atoms with Crippen molar-refractivity contribution in [2.75, 3.05) is 4.90 Å². The number of fused-ring (bicyclic) bond motifs is 7. The van der Waals surface area contributed by atoms with Crippen molar-refractivity contribution in [1.29, 1.82) is 0 Å². The Labute approximate surface area is 332 Å². The molecule has 1 aromatic heterocycles. The molecular weight excluding hydrogens is 691 g/mol. The fraction of sp³-hybridized carbons (Fsp3) is 0.0182. The molecule has 0 fully saturated rings. The van der Waals surface area contributed by atoms with Gasteiger partial charge in [-0.15, -0.1) is 0 Å². The van der Waals surface area contributed by atoms with E-state index in [9.17, 15) is 0 Å². The second-order valence-corrected chi connectivity index (χ2v) is 14.8. The molecule has 2 heteroatoms. The zero-order valence-corrected chi connectivity index (χ0v) is 31.2. The first-order valence-corrected chi connectivity index (χ1v) is 19.6. The Morgan fingerprint density at radius 3 is 1.37 bits per heavy atom. The third-order valence-electron chi connectivity index (χ3n) is 11.8. The van der Waals surface area contributed by atoms with Crippen molar-refractivity contribution in [1.82, 2.24) is 0 Å². The minimum Gasteiger partial charge on any atom is -0.453 e. The van der Waals surface area contributed by atoms with Crippen LogP contribution < -0.4 is 4.90 Å². The van der Waals surface area contributed by atoms with E-state index < -0.39 is 5.41 Å². The van der Waals surface area contributed by atoms with Gasteiger partial charge in [0.25, 0.3) is 0 Å². The zero-order valence-electron chi connectivity index (χ0n) is 31.2. The Kier molecular flexibility index (Phi) is 7.75. The highest BCUT2D eigenvalue weighted by Crippen LogP contribution is 2.58. The van der Waals surface area contributed by atoms with Gasteiger partial charge in [-0.05, 0) is 80.4 Å². The van der Waals surface area contributed by atoms with E-state index in [2.05, 4.69) is 229 Å². The Morgan fingerprint density at radius 2 is 0.807 bits per heavy atom. The fourth-order valence-corrected chi connectivity index (χ4v) is 9.24. The highest BCUT2D eigenvalue weighted by molar-refractivity contribution is 6.15. The number of rotatable bonds is 7. The first-order valence-electron chi connectivity index (χ1n) is 19.6. The number of anilines is 3. The third kappa shape index (κ3) is 5.18. The topological polar surface area (TPSA) is 16.4 Å². The van der Waals surface area contributed by atoms with E-state index in [1.165, 1.54) is 50.1 Å². The zero-order chi connectivity index (χ0) is 37.8. The molecule has 268 valence electrons. The van der Waals surface area contributed by atoms with Crippen LogP contribution in [-0.4, -0.2) is 0 Å². The van der Waals surface area contributed by atoms with Gasteiger partial charge in [-0.3, -0.25) is 0 Å². The summed E-state index contributed by atoms with van der Waals surface area (Å²) in [6.45, 7) is 0. The standard InChI is InChI=1S/C55H37NO/c1-5-16-38(17-6-1)40-28-32-44(33-29-40)56(45-34-30-41(31-35-45)39-18-7-2-8-19-39)51-27-15-25-46-47-36-37-50-52(54(47)57-53(46)51)48-24-13-14-26-49(48)55(50,42-20-9-3-10-21-42)43-22-11-4-12-23-43/h1-37H. The second-order valence-electron chi connectivity index (χ2n) is 14.8. The predicted octanol–water partition coefficient (Wildman–Crippen LogP) is 14.8. The average molecular weight is 728 g/mol. The third-order valence-corrected chi connectivity index (χ3v) is 11.8. The molecule has 0 saturated heterocycles. The van der Waals surface area contributed by atoms with E-state index in [-0.39, 0.29) is 0 Å². The first kappa shape index (κ1) is 33.0. The van der Waals surface area contributed by atoms with Crippen LogP contribution in [-0.2, 0) is 5.41 Å². The van der Waals surface area contributed by atoms with Gasteiger partial charge in [-0.2, -0.15) is 0 Å². The Bertz CT molecular complexity index is 2900. The molecule has 10 aromatic rings. The first-order chi connectivity index (χ1) is 28.3. The summed E-state index contributed by atoms with van der Waals surface area (Å²) in [6, 6.07) is 80.8. The Balaban J connectivity index is 1.14. The predicted molar refractivity (Wildman–Crippen MR) is 237 cm³/mol. The summed E-state index contributed by atoms with van der Waals surface area (Å²) >= 11 is 0. The average Bonchev–Trinajstić information content (AvgIpc) is 3.83. The number of nitrogens with zero attached hydrogens (tertiary/aromatic N) is 1. The van der Waals surface area contributed by atoms with Crippen LogP contribution in [0.5, 0.6) is 0 Å². The Hall–Kier alpha value is -7.42. The van der Waals surface area contributed by atoms with Crippen molar-refractivity contribution in [3.63, 3.8) is 0 Å². The summed E-state index contributed by atoms with van der Waals surface area (Å²) in [7, 11) is 0. The largest absolute Gasteiger partial charge is 0.453 e. The SMILES string of the molecule is c1ccc(-c2ccc(N(c3ccc(-c4ccccc4)cc3)c3cccc4c3oc3c5c(ccc34)C(c3ccccc3)(c3ccccc3)c3ccccc3-5)cc2)cc1. The van der Waals surface area contributed by atoms with Crippen LogP contribution in [0, 0.1) is 0 Å². The van der Waals surface area contributed by atoms with E-state index in [0.717, 1.165) is 44.6 Å². The molecule has 0 spiro atoms. The van der Waals surface area contributed by atoms with Gasteiger partial charge >= 0.3 is 0 Å². The molecule has 0 unspecified atom stereocenters. The molecule has 0 amide bonds. The number of furan rings is 1. The van der Waals surface area contributed by atoms with Gasteiger partial charge in [0, 0.05) is 27.7 Å².